The highest BCUT2D eigenvalue weighted by molar-refractivity contribution is 7.12. The Bertz CT molecular complexity index is 366. The molecular formula is C13H19NO3S. The minimum absolute atomic E-state index is 0.153. The Kier molecular flexibility index (Phi) is 5.31. The van der Waals surface area contributed by atoms with Crippen molar-refractivity contribution in [3.8, 4) is 0 Å². The molecule has 0 saturated carbocycles. The standard InChI is InChI=1S/C13H19NO3S/c15-6-2-4-14-5-7-17-10-11(14)9-12(16)13-3-1-8-18-13/h1,3,8,11,15H,2,4-7,9-10H2. The molecule has 0 radical (unpaired) electrons. The third-order valence-electron chi connectivity index (χ3n) is 3.17. The Morgan fingerprint density at radius 1 is 1.61 bits per heavy atom. The summed E-state index contributed by atoms with van der Waals surface area (Å²) in [6, 6.07) is 3.92. The average Bonchev–Trinajstić information content (AvgIpc) is 2.91. The van der Waals surface area contributed by atoms with Crippen LogP contribution in [0.4, 0.5) is 0 Å². The molecule has 0 spiro atoms. The zero-order valence-electron chi connectivity index (χ0n) is 10.4. The van der Waals surface area contributed by atoms with Crippen LogP contribution in [0, 0.1) is 0 Å². The summed E-state index contributed by atoms with van der Waals surface area (Å²) in [7, 11) is 0. The van der Waals surface area contributed by atoms with Crippen LogP contribution < -0.4 is 0 Å². The lowest BCUT2D eigenvalue weighted by Crippen LogP contribution is -2.46. The second kappa shape index (κ2) is 6.99. The number of morpholine rings is 1. The van der Waals surface area contributed by atoms with Crippen LogP contribution in [0.25, 0.3) is 0 Å². The molecule has 1 atom stereocenters. The number of aliphatic hydroxyl groups excluding tert-OH is 1. The van der Waals surface area contributed by atoms with Gasteiger partial charge in [-0.3, -0.25) is 9.69 Å². The molecule has 1 saturated heterocycles. The maximum absolute atomic E-state index is 12.1. The number of aliphatic hydroxyl groups is 1. The van der Waals surface area contributed by atoms with E-state index < -0.39 is 0 Å². The minimum Gasteiger partial charge on any atom is -0.396 e. The van der Waals surface area contributed by atoms with E-state index in [0.717, 1.165) is 31.0 Å². The zero-order valence-corrected chi connectivity index (χ0v) is 11.2. The van der Waals surface area contributed by atoms with Gasteiger partial charge in [0.1, 0.15) is 0 Å². The molecule has 1 aromatic rings. The molecule has 1 aliphatic heterocycles. The van der Waals surface area contributed by atoms with E-state index in [0.29, 0.717) is 13.0 Å². The fourth-order valence-corrected chi connectivity index (χ4v) is 2.87. The van der Waals surface area contributed by atoms with E-state index in [2.05, 4.69) is 4.90 Å². The predicted octanol–water partition coefficient (Wildman–Crippen LogP) is 1.40. The summed E-state index contributed by atoms with van der Waals surface area (Å²) in [5.74, 6) is 0.189. The number of carbonyl (C=O) groups is 1. The largest absolute Gasteiger partial charge is 0.396 e. The third kappa shape index (κ3) is 3.62. The first-order valence-electron chi connectivity index (χ1n) is 6.30. The van der Waals surface area contributed by atoms with Gasteiger partial charge in [-0.2, -0.15) is 0 Å². The summed E-state index contributed by atoms with van der Waals surface area (Å²) in [4.78, 5) is 15.1. The van der Waals surface area contributed by atoms with Crippen molar-refractivity contribution in [2.24, 2.45) is 0 Å². The van der Waals surface area contributed by atoms with Gasteiger partial charge in [0.15, 0.2) is 5.78 Å². The molecule has 4 nitrogen and oxygen atoms in total. The van der Waals surface area contributed by atoms with Crippen molar-refractivity contribution in [1.29, 1.82) is 0 Å². The van der Waals surface area contributed by atoms with Gasteiger partial charge in [0.25, 0.3) is 0 Å². The highest BCUT2D eigenvalue weighted by atomic mass is 32.1. The molecule has 1 fully saturated rings. The van der Waals surface area contributed by atoms with Crippen molar-refractivity contribution in [3.63, 3.8) is 0 Å². The second-order valence-electron chi connectivity index (χ2n) is 4.45. The van der Waals surface area contributed by atoms with E-state index >= 15 is 0 Å². The lowest BCUT2D eigenvalue weighted by atomic mass is 10.1. The van der Waals surface area contributed by atoms with Gasteiger partial charge in [0, 0.05) is 32.2 Å². The van der Waals surface area contributed by atoms with Crippen LogP contribution in [0.3, 0.4) is 0 Å². The Labute approximate surface area is 111 Å². The number of ether oxygens (including phenoxy) is 1. The van der Waals surface area contributed by atoms with Crippen molar-refractivity contribution in [2.45, 2.75) is 18.9 Å². The van der Waals surface area contributed by atoms with E-state index in [-0.39, 0.29) is 18.4 Å². The van der Waals surface area contributed by atoms with E-state index in [1.165, 1.54) is 11.3 Å². The molecule has 1 N–H and O–H groups in total. The van der Waals surface area contributed by atoms with Crippen LogP contribution in [-0.4, -0.2) is 54.7 Å². The van der Waals surface area contributed by atoms with Gasteiger partial charge < -0.3 is 9.84 Å². The monoisotopic (exact) mass is 269 g/mol. The van der Waals surface area contributed by atoms with Crippen LogP contribution in [0.5, 0.6) is 0 Å². The lowest BCUT2D eigenvalue weighted by Gasteiger charge is -2.35. The lowest BCUT2D eigenvalue weighted by molar-refractivity contribution is -0.0104. The van der Waals surface area contributed by atoms with E-state index in [1.807, 2.05) is 17.5 Å². The van der Waals surface area contributed by atoms with Crippen molar-refractivity contribution >= 4 is 17.1 Å². The first-order valence-corrected chi connectivity index (χ1v) is 7.18. The molecule has 100 valence electrons. The SMILES string of the molecule is O=C(CC1COCCN1CCCO)c1cccs1. The Hall–Kier alpha value is -0.750. The summed E-state index contributed by atoms with van der Waals surface area (Å²) >= 11 is 1.49. The topological polar surface area (TPSA) is 49.8 Å². The van der Waals surface area contributed by atoms with Gasteiger partial charge in [-0.15, -0.1) is 11.3 Å². The van der Waals surface area contributed by atoms with Crippen LogP contribution in [0.15, 0.2) is 17.5 Å². The van der Waals surface area contributed by atoms with E-state index in [4.69, 9.17) is 9.84 Å². The normalized spacial score (nSPS) is 21.1. The van der Waals surface area contributed by atoms with Gasteiger partial charge in [-0.05, 0) is 17.9 Å². The average molecular weight is 269 g/mol. The summed E-state index contributed by atoms with van der Waals surface area (Å²) in [6.45, 7) is 3.21. The van der Waals surface area contributed by atoms with Gasteiger partial charge in [0.2, 0.25) is 0 Å². The quantitative estimate of drug-likeness (QED) is 0.793. The highest BCUT2D eigenvalue weighted by Crippen LogP contribution is 2.17. The molecule has 0 amide bonds. The molecule has 1 unspecified atom stereocenters. The van der Waals surface area contributed by atoms with Gasteiger partial charge in [-0.25, -0.2) is 0 Å². The predicted molar refractivity (Wildman–Crippen MR) is 71.1 cm³/mol. The molecule has 2 rings (SSSR count). The van der Waals surface area contributed by atoms with Crippen LogP contribution in [0.2, 0.25) is 0 Å². The Morgan fingerprint density at radius 3 is 3.22 bits per heavy atom. The van der Waals surface area contributed by atoms with Crippen LogP contribution >= 0.6 is 11.3 Å². The summed E-state index contributed by atoms with van der Waals surface area (Å²) in [5.41, 5.74) is 0. The van der Waals surface area contributed by atoms with Crippen molar-refractivity contribution in [1.82, 2.24) is 4.90 Å². The first kappa shape index (κ1) is 13.7. The molecule has 0 aromatic carbocycles. The third-order valence-corrected chi connectivity index (χ3v) is 4.08. The highest BCUT2D eigenvalue weighted by Gasteiger charge is 2.25. The van der Waals surface area contributed by atoms with E-state index in [1.54, 1.807) is 0 Å². The number of nitrogens with zero attached hydrogens (tertiary/aromatic N) is 1. The number of Topliss-reactive ketones (excluding diaryl/α,β-unsaturated/α-hetero) is 1. The smallest absolute Gasteiger partial charge is 0.174 e. The molecule has 0 aliphatic carbocycles. The number of rotatable bonds is 6. The molecule has 5 heteroatoms. The van der Waals surface area contributed by atoms with E-state index in [9.17, 15) is 4.79 Å². The fourth-order valence-electron chi connectivity index (χ4n) is 2.20. The molecule has 2 heterocycles. The molecule has 0 bridgehead atoms. The summed E-state index contributed by atoms with van der Waals surface area (Å²) < 4.78 is 5.46. The second-order valence-corrected chi connectivity index (χ2v) is 5.39. The van der Waals surface area contributed by atoms with Crippen LogP contribution in [0.1, 0.15) is 22.5 Å². The molecular weight excluding hydrogens is 250 g/mol. The van der Waals surface area contributed by atoms with Gasteiger partial charge >= 0.3 is 0 Å². The maximum atomic E-state index is 12.1. The van der Waals surface area contributed by atoms with Crippen molar-refractivity contribution in [2.75, 3.05) is 32.9 Å². The van der Waals surface area contributed by atoms with Gasteiger partial charge in [-0.1, -0.05) is 6.07 Å². The molecule has 1 aliphatic rings. The van der Waals surface area contributed by atoms with Crippen molar-refractivity contribution < 1.29 is 14.6 Å². The molecule has 1 aromatic heterocycles. The Balaban J connectivity index is 1.90. The maximum Gasteiger partial charge on any atom is 0.174 e. The Morgan fingerprint density at radius 2 is 2.50 bits per heavy atom. The van der Waals surface area contributed by atoms with Crippen LogP contribution in [-0.2, 0) is 4.74 Å². The van der Waals surface area contributed by atoms with Gasteiger partial charge in [0.05, 0.1) is 18.1 Å². The molecule has 18 heavy (non-hydrogen) atoms. The van der Waals surface area contributed by atoms with Crippen molar-refractivity contribution in [3.05, 3.63) is 22.4 Å². The zero-order chi connectivity index (χ0) is 12.8. The number of hydrogen-bond acceptors (Lipinski definition) is 5. The summed E-state index contributed by atoms with van der Waals surface area (Å²) in [6.07, 6.45) is 1.26. The fraction of sp³-hybridized carbons (Fsp3) is 0.615. The number of hydrogen-bond donors (Lipinski definition) is 1. The number of ketones is 1. The summed E-state index contributed by atoms with van der Waals surface area (Å²) in [5, 5.41) is 10.8. The first-order chi connectivity index (χ1) is 8.81. The number of carbonyl (C=O) groups excluding carboxylic acids is 1. The number of thiophene rings is 1. The minimum atomic E-state index is 0.153.